The molecule has 1 unspecified atom stereocenters. The van der Waals surface area contributed by atoms with E-state index < -0.39 is 58.8 Å². The van der Waals surface area contributed by atoms with Gasteiger partial charge < -0.3 is 19.7 Å². The van der Waals surface area contributed by atoms with Crippen LogP contribution in [0.15, 0.2) is 36.4 Å². The van der Waals surface area contributed by atoms with Crippen molar-refractivity contribution in [2.45, 2.75) is 63.6 Å². The first kappa shape index (κ1) is 34.5. The van der Waals surface area contributed by atoms with Gasteiger partial charge in [0, 0.05) is 44.1 Å². The van der Waals surface area contributed by atoms with Crippen LogP contribution in [0.1, 0.15) is 66.1 Å². The van der Waals surface area contributed by atoms with Gasteiger partial charge in [0.1, 0.15) is 5.82 Å². The number of carbonyl (C=O) groups excluding carboxylic acids is 2. The molecule has 1 saturated carbocycles. The molecule has 5 atom stereocenters. The van der Waals surface area contributed by atoms with Gasteiger partial charge in [0.05, 0.1) is 23.2 Å². The van der Waals surface area contributed by atoms with E-state index in [-0.39, 0.29) is 59.7 Å². The molecule has 2 aliphatic heterocycles. The summed E-state index contributed by atoms with van der Waals surface area (Å²) in [6, 6.07) is 2.97. The summed E-state index contributed by atoms with van der Waals surface area (Å²) < 4.78 is 94.9. The Hall–Kier alpha value is -2.35. The van der Waals surface area contributed by atoms with Gasteiger partial charge in [-0.2, -0.15) is 26.3 Å². The topological polar surface area (TPSA) is 66.9 Å². The number of urea groups is 1. The molecule has 234 valence electrons. The number of carboxylic acid groups (broad SMARTS) is 1. The summed E-state index contributed by atoms with van der Waals surface area (Å²) in [7, 11) is 1.32. The van der Waals surface area contributed by atoms with Gasteiger partial charge in [0.15, 0.2) is 0 Å². The van der Waals surface area contributed by atoms with Crippen molar-refractivity contribution in [1.29, 1.82) is 0 Å². The van der Waals surface area contributed by atoms with E-state index in [1.807, 2.05) is 0 Å². The van der Waals surface area contributed by atoms with E-state index >= 15 is 0 Å². The van der Waals surface area contributed by atoms with Gasteiger partial charge in [-0.1, -0.05) is 6.07 Å². The van der Waals surface area contributed by atoms with Crippen LogP contribution in [-0.4, -0.2) is 59.4 Å². The Labute approximate surface area is 272 Å². The van der Waals surface area contributed by atoms with Gasteiger partial charge in [0.2, 0.25) is 0 Å². The van der Waals surface area contributed by atoms with Gasteiger partial charge in [-0.25, -0.2) is 9.18 Å². The van der Waals surface area contributed by atoms with Crippen molar-refractivity contribution < 1.29 is 75.0 Å². The number of piperidine rings is 2. The third-order valence-corrected chi connectivity index (χ3v) is 9.48. The molecule has 2 saturated heterocycles. The molecule has 2 amide bonds. The minimum Gasteiger partial charge on any atom is -0.549 e. The number of hydrogen-bond acceptors (Lipinski definition) is 4. The fraction of sp³-hybridized carbons (Fsp3) is 0.533. The molecule has 2 aromatic carbocycles. The van der Waals surface area contributed by atoms with E-state index in [9.17, 15) is 45.4 Å². The molecule has 3 aliphatic rings. The van der Waals surface area contributed by atoms with Crippen LogP contribution in [0.4, 0.5) is 35.5 Å². The maximum Gasteiger partial charge on any atom is 1.00 e. The molecule has 14 heteroatoms. The van der Waals surface area contributed by atoms with Crippen molar-refractivity contribution in [2.75, 3.05) is 26.7 Å². The van der Waals surface area contributed by atoms with Crippen LogP contribution in [0.5, 0.6) is 0 Å². The molecule has 6 nitrogen and oxygen atoms in total. The number of alkyl halides is 6. The predicted molar refractivity (Wildman–Crippen MR) is 139 cm³/mol. The number of likely N-dealkylation sites (tertiary alicyclic amines) is 2. The fourth-order valence-electron chi connectivity index (χ4n) is 6.74. The summed E-state index contributed by atoms with van der Waals surface area (Å²) in [4.78, 5) is 30.4. The minimum atomic E-state index is -5.03. The number of rotatable bonds is 5. The van der Waals surface area contributed by atoms with E-state index in [2.05, 4.69) is 4.90 Å². The second kappa shape index (κ2) is 12.1. The van der Waals surface area contributed by atoms with E-state index in [0.29, 0.717) is 55.6 Å². The zero-order valence-corrected chi connectivity index (χ0v) is 26.7. The SMILES string of the molecule is Cc1cc(F)ccc1[C@H]1C[C@@H](N2C[C@@H]3C[C@]3(C(=O)[O-])C2)CCN1C(=O)N(C)C(C)c1cc(C(F)(F)F)cc(C(F)(F)F)c1.[Na+]. The molecule has 0 N–H and O–H groups in total. The smallest absolute Gasteiger partial charge is 0.549 e. The van der Waals surface area contributed by atoms with Crippen molar-refractivity contribution in [1.82, 2.24) is 14.7 Å². The summed E-state index contributed by atoms with van der Waals surface area (Å²) in [5.41, 5.74) is -2.90. The number of aliphatic carboxylic acids is 1. The van der Waals surface area contributed by atoms with E-state index in [0.717, 1.165) is 4.90 Å². The number of hydrogen-bond donors (Lipinski definition) is 0. The minimum absolute atomic E-state index is 0. The summed E-state index contributed by atoms with van der Waals surface area (Å²) in [6.07, 6.45) is -8.63. The fourth-order valence-corrected chi connectivity index (χ4v) is 6.74. The van der Waals surface area contributed by atoms with E-state index in [4.69, 9.17) is 0 Å². The van der Waals surface area contributed by atoms with Crippen molar-refractivity contribution in [3.05, 3.63) is 70.0 Å². The molecular weight excluding hydrogens is 606 g/mol. The van der Waals surface area contributed by atoms with Crippen LogP contribution in [-0.2, 0) is 17.1 Å². The molecule has 0 spiro atoms. The predicted octanol–water partition coefficient (Wildman–Crippen LogP) is 2.57. The van der Waals surface area contributed by atoms with Crippen molar-refractivity contribution in [2.24, 2.45) is 11.3 Å². The number of nitrogens with zero attached hydrogens (tertiary/aromatic N) is 3. The summed E-state index contributed by atoms with van der Waals surface area (Å²) in [5.74, 6) is -1.54. The van der Waals surface area contributed by atoms with Crippen LogP contribution in [0.25, 0.3) is 0 Å². The molecule has 2 heterocycles. The van der Waals surface area contributed by atoms with Crippen LogP contribution in [0, 0.1) is 24.1 Å². The second-order valence-corrected chi connectivity index (χ2v) is 12.1. The van der Waals surface area contributed by atoms with Crippen LogP contribution in [0.3, 0.4) is 0 Å². The quantitative estimate of drug-likeness (QED) is 0.374. The number of carboxylic acids is 1. The average molecular weight is 638 g/mol. The first-order valence-corrected chi connectivity index (χ1v) is 14.0. The van der Waals surface area contributed by atoms with Crippen LogP contribution < -0.4 is 34.7 Å². The molecular formula is C30H31F7N3NaO3. The number of amides is 2. The number of benzene rings is 2. The Balaban J connectivity index is 0.00000442. The van der Waals surface area contributed by atoms with Crippen molar-refractivity contribution in [3.8, 4) is 0 Å². The zero-order valence-electron chi connectivity index (χ0n) is 24.7. The molecule has 1 aliphatic carbocycles. The van der Waals surface area contributed by atoms with Gasteiger partial charge in [0.25, 0.3) is 0 Å². The monoisotopic (exact) mass is 637 g/mol. The number of aryl methyl sites for hydroxylation is 1. The number of fused-ring (bicyclic) bond motifs is 1. The standard InChI is InChI=1S/C30H32F7N3O3.Na/c1-16-8-22(31)4-5-24(16)25-12-23(39-14-21-13-28(21,15-39)26(41)42)6-7-40(25)27(43)38(3)17(2)18-9-19(29(32,33)34)11-20(10-18)30(35,36)37;/h4-5,8-11,17,21,23,25H,6-7,12-15H2,1-3H3,(H,41,42);/q;+1/p-1/t17?,21-,23-,25+,28-;/m0./s1. The zero-order chi connectivity index (χ0) is 31.6. The van der Waals surface area contributed by atoms with Crippen LogP contribution in [0.2, 0.25) is 0 Å². The Morgan fingerprint density at radius 2 is 1.66 bits per heavy atom. The molecule has 2 aromatic rings. The summed E-state index contributed by atoms with van der Waals surface area (Å²) >= 11 is 0. The summed E-state index contributed by atoms with van der Waals surface area (Å²) in [5, 5.41) is 11.7. The van der Waals surface area contributed by atoms with Gasteiger partial charge in [-0.3, -0.25) is 4.90 Å². The largest absolute Gasteiger partial charge is 1.00 e. The number of halogens is 7. The van der Waals surface area contributed by atoms with Crippen molar-refractivity contribution >= 4 is 12.0 Å². The van der Waals surface area contributed by atoms with Crippen LogP contribution >= 0.6 is 0 Å². The molecule has 0 radical (unpaired) electrons. The van der Waals surface area contributed by atoms with Gasteiger partial charge in [-0.05, 0) is 86.1 Å². The molecule has 3 fully saturated rings. The van der Waals surface area contributed by atoms with Gasteiger partial charge >= 0.3 is 47.9 Å². The molecule has 5 rings (SSSR count). The normalized spacial score (nSPS) is 26.0. The van der Waals surface area contributed by atoms with Crippen molar-refractivity contribution in [3.63, 3.8) is 0 Å². The van der Waals surface area contributed by atoms with E-state index in [1.165, 1.54) is 31.0 Å². The Bertz CT molecular complexity index is 1400. The average Bonchev–Trinajstić information content (AvgIpc) is 3.51. The first-order chi connectivity index (χ1) is 19.9. The Morgan fingerprint density at radius 1 is 1.05 bits per heavy atom. The molecule has 0 bridgehead atoms. The second-order valence-electron chi connectivity index (χ2n) is 12.1. The Morgan fingerprint density at radius 3 is 2.18 bits per heavy atom. The maximum absolute atomic E-state index is 14.0. The third kappa shape index (κ3) is 6.47. The van der Waals surface area contributed by atoms with E-state index in [1.54, 1.807) is 13.0 Å². The third-order valence-electron chi connectivity index (χ3n) is 9.48. The van der Waals surface area contributed by atoms with Gasteiger partial charge in [-0.15, -0.1) is 0 Å². The maximum atomic E-state index is 14.0. The molecule has 0 aromatic heterocycles. The number of carbonyl (C=O) groups is 2. The Kier molecular flexibility index (Phi) is 9.50. The first-order valence-electron chi connectivity index (χ1n) is 14.0. The summed E-state index contributed by atoms with van der Waals surface area (Å²) in [6.45, 7) is 4.15. The molecule has 44 heavy (non-hydrogen) atoms.